The van der Waals surface area contributed by atoms with Crippen LogP contribution in [0.5, 0.6) is 5.75 Å². The molecule has 0 aliphatic rings. The summed E-state index contributed by atoms with van der Waals surface area (Å²) in [5, 5.41) is 34.9. The molecule has 2 aromatic heterocycles. The van der Waals surface area contributed by atoms with E-state index in [0.717, 1.165) is 0 Å². The molecule has 0 fully saturated rings. The van der Waals surface area contributed by atoms with Crippen molar-refractivity contribution in [2.75, 3.05) is 12.4 Å². The molecule has 0 radical (unpaired) electrons. The van der Waals surface area contributed by atoms with E-state index in [4.69, 9.17) is 20.8 Å². The lowest BCUT2D eigenvalue weighted by Gasteiger charge is -2.06. The SMILES string of the molecule is COc1c(-c2nnc(CNS(=O)(=O)c3ccc(NC(C)=O)cc3)o2)nn(-c2cccc(Cl)c2)c1N=Nc1ccc([N+](=O)[O-])cc1. The van der Waals surface area contributed by atoms with E-state index in [-0.39, 0.29) is 52.1 Å². The minimum absolute atomic E-state index is 0.0405. The Labute approximate surface area is 259 Å². The molecule has 0 aliphatic heterocycles. The first kappa shape index (κ1) is 30.9. The van der Waals surface area contributed by atoms with Crippen molar-refractivity contribution >= 4 is 50.4 Å². The van der Waals surface area contributed by atoms with Crippen LogP contribution in [0.4, 0.5) is 22.9 Å². The number of nitrogens with zero attached hydrogens (tertiary/aromatic N) is 7. The first-order valence-corrected chi connectivity index (χ1v) is 14.7. The number of hydrogen-bond acceptors (Lipinski definition) is 12. The fourth-order valence-corrected chi connectivity index (χ4v) is 5.09. The highest BCUT2D eigenvalue weighted by Crippen LogP contribution is 2.40. The molecular weight excluding hydrogens is 630 g/mol. The second-order valence-electron chi connectivity index (χ2n) is 9.10. The summed E-state index contributed by atoms with van der Waals surface area (Å²) in [5.41, 5.74) is 1.22. The Bertz CT molecular complexity index is 2010. The average molecular weight is 652 g/mol. The number of nitro benzene ring substituents is 1. The Morgan fingerprint density at radius 2 is 1.82 bits per heavy atom. The summed E-state index contributed by atoms with van der Waals surface area (Å²) in [6.45, 7) is 1.00. The van der Waals surface area contributed by atoms with E-state index in [2.05, 4.69) is 35.6 Å². The second-order valence-corrected chi connectivity index (χ2v) is 11.3. The Balaban J connectivity index is 1.43. The number of non-ortho nitro benzene ring substituents is 1. The molecule has 0 bridgehead atoms. The van der Waals surface area contributed by atoms with Gasteiger partial charge in [0.25, 0.3) is 11.6 Å². The quantitative estimate of drug-likeness (QED) is 0.106. The van der Waals surface area contributed by atoms with Crippen molar-refractivity contribution in [1.29, 1.82) is 0 Å². The van der Waals surface area contributed by atoms with Crippen LogP contribution in [0, 0.1) is 10.1 Å². The van der Waals surface area contributed by atoms with Crippen molar-refractivity contribution in [3.8, 4) is 23.0 Å². The number of amides is 1. The molecular formula is C27H22ClN9O7S. The van der Waals surface area contributed by atoms with E-state index in [1.807, 2.05) is 0 Å². The molecule has 3 aromatic carbocycles. The minimum atomic E-state index is -3.97. The number of azo groups is 1. The maximum atomic E-state index is 12.8. The third kappa shape index (κ3) is 7.18. The zero-order chi connectivity index (χ0) is 32.1. The van der Waals surface area contributed by atoms with Crippen LogP contribution in [0.1, 0.15) is 12.8 Å². The van der Waals surface area contributed by atoms with Crippen molar-refractivity contribution in [3.05, 3.63) is 93.8 Å². The number of nitro groups is 1. The van der Waals surface area contributed by atoms with Crippen LogP contribution in [-0.4, -0.2) is 46.3 Å². The summed E-state index contributed by atoms with van der Waals surface area (Å²) >= 11 is 6.21. The van der Waals surface area contributed by atoms with Crippen LogP contribution in [0.25, 0.3) is 17.3 Å². The van der Waals surface area contributed by atoms with Crippen molar-refractivity contribution < 1.29 is 27.3 Å². The molecule has 16 nitrogen and oxygen atoms in total. The zero-order valence-corrected chi connectivity index (χ0v) is 25.0. The number of sulfonamides is 1. The van der Waals surface area contributed by atoms with Crippen LogP contribution >= 0.6 is 11.6 Å². The number of carbonyl (C=O) groups excluding carboxylic acids is 1. The predicted molar refractivity (Wildman–Crippen MR) is 160 cm³/mol. The van der Waals surface area contributed by atoms with E-state index in [1.165, 1.54) is 67.2 Å². The lowest BCUT2D eigenvalue weighted by atomic mass is 10.3. The third-order valence-electron chi connectivity index (χ3n) is 5.96. The highest BCUT2D eigenvalue weighted by molar-refractivity contribution is 7.89. The van der Waals surface area contributed by atoms with Gasteiger partial charge in [0.05, 0.1) is 34.8 Å². The van der Waals surface area contributed by atoms with Gasteiger partial charge in [0.2, 0.25) is 27.6 Å². The van der Waals surface area contributed by atoms with Crippen molar-refractivity contribution in [3.63, 3.8) is 0 Å². The van der Waals surface area contributed by atoms with E-state index in [9.17, 15) is 23.3 Å². The van der Waals surface area contributed by atoms with Crippen LogP contribution in [0.2, 0.25) is 5.02 Å². The lowest BCUT2D eigenvalue weighted by Crippen LogP contribution is -2.23. The third-order valence-corrected chi connectivity index (χ3v) is 7.62. The number of carbonyl (C=O) groups is 1. The number of ether oxygens (including phenoxy) is 1. The summed E-state index contributed by atoms with van der Waals surface area (Å²) in [6, 6.07) is 17.7. The van der Waals surface area contributed by atoms with Gasteiger partial charge in [0.15, 0.2) is 11.4 Å². The van der Waals surface area contributed by atoms with Crippen molar-refractivity contribution in [2.45, 2.75) is 18.4 Å². The van der Waals surface area contributed by atoms with Gasteiger partial charge in [-0.3, -0.25) is 14.9 Å². The number of anilines is 1. The molecule has 0 saturated carbocycles. The minimum Gasteiger partial charge on any atom is -0.491 e. The first-order chi connectivity index (χ1) is 21.5. The molecule has 2 N–H and O–H groups in total. The van der Waals surface area contributed by atoms with Gasteiger partial charge in [-0.05, 0) is 54.6 Å². The normalized spacial score (nSPS) is 11.5. The first-order valence-electron chi connectivity index (χ1n) is 12.8. The van der Waals surface area contributed by atoms with Gasteiger partial charge in [0.1, 0.15) is 0 Å². The standard InChI is InChI=1S/C27H22ClN9O7S/c1-16(38)30-18-8-12-22(13-9-18)45(41,42)29-15-23-32-34-27(44-23)24-25(43-2)26(36(35-24)21-5-3-4-17(28)14-21)33-31-19-6-10-20(11-7-19)37(39)40/h3-14,29H,15H2,1-2H3,(H,30,38). The van der Waals surface area contributed by atoms with Gasteiger partial charge >= 0.3 is 0 Å². The molecule has 230 valence electrons. The summed E-state index contributed by atoms with van der Waals surface area (Å²) in [4.78, 5) is 21.6. The average Bonchev–Trinajstić information content (AvgIpc) is 3.64. The Hall–Kier alpha value is -5.52. The number of benzene rings is 3. The summed E-state index contributed by atoms with van der Waals surface area (Å²) < 4.78 is 40.7. The van der Waals surface area contributed by atoms with E-state index < -0.39 is 14.9 Å². The van der Waals surface area contributed by atoms with Crippen molar-refractivity contribution in [1.82, 2.24) is 24.7 Å². The highest BCUT2D eigenvalue weighted by atomic mass is 35.5. The molecule has 18 heteroatoms. The number of nitrogens with one attached hydrogen (secondary N) is 2. The van der Waals surface area contributed by atoms with Crippen molar-refractivity contribution in [2.24, 2.45) is 10.2 Å². The van der Waals surface area contributed by atoms with Crippen LogP contribution in [-0.2, 0) is 21.4 Å². The van der Waals surface area contributed by atoms with Gasteiger partial charge in [-0.15, -0.1) is 20.4 Å². The molecule has 0 atom stereocenters. The molecule has 5 aromatic rings. The van der Waals surface area contributed by atoms with Gasteiger partial charge in [-0.25, -0.2) is 17.8 Å². The van der Waals surface area contributed by atoms with Gasteiger partial charge in [-0.1, -0.05) is 17.7 Å². The Kier molecular flexibility index (Phi) is 8.93. The molecule has 45 heavy (non-hydrogen) atoms. The Morgan fingerprint density at radius 3 is 2.47 bits per heavy atom. The van der Waals surface area contributed by atoms with Crippen LogP contribution in [0.15, 0.2) is 92.3 Å². The molecule has 0 spiro atoms. The highest BCUT2D eigenvalue weighted by Gasteiger charge is 2.26. The summed E-state index contributed by atoms with van der Waals surface area (Å²) in [6.07, 6.45) is 0. The summed E-state index contributed by atoms with van der Waals surface area (Å²) in [5.74, 6) is -0.262. The molecule has 2 heterocycles. The topological polar surface area (TPSA) is 209 Å². The number of aromatic nitrogens is 4. The van der Waals surface area contributed by atoms with E-state index in [1.54, 1.807) is 24.3 Å². The smallest absolute Gasteiger partial charge is 0.272 e. The summed E-state index contributed by atoms with van der Waals surface area (Å²) in [7, 11) is -2.60. The monoisotopic (exact) mass is 651 g/mol. The second kappa shape index (κ2) is 13.0. The number of halogens is 1. The van der Waals surface area contributed by atoms with Crippen LogP contribution < -0.4 is 14.8 Å². The fourth-order valence-electron chi connectivity index (χ4n) is 3.93. The molecule has 0 saturated heterocycles. The lowest BCUT2D eigenvalue weighted by molar-refractivity contribution is -0.384. The maximum absolute atomic E-state index is 12.8. The molecule has 5 rings (SSSR count). The van der Waals surface area contributed by atoms with Gasteiger partial charge < -0.3 is 14.5 Å². The van der Waals surface area contributed by atoms with E-state index in [0.29, 0.717) is 22.1 Å². The Morgan fingerprint density at radius 1 is 1.09 bits per heavy atom. The predicted octanol–water partition coefficient (Wildman–Crippen LogP) is 5.34. The fraction of sp³-hybridized carbons (Fsp3) is 0.111. The van der Waals surface area contributed by atoms with E-state index >= 15 is 0 Å². The van der Waals surface area contributed by atoms with Crippen LogP contribution in [0.3, 0.4) is 0 Å². The van der Waals surface area contributed by atoms with Gasteiger partial charge in [0, 0.05) is 29.8 Å². The number of rotatable bonds is 11. The number of hydrogen-bond donors (Lipinski definition) is 2. The molecule has 0 aliphatic carbocycles. The molecule has 0 unspecified atom stereocenters. The largest absolute Gasteiger partial charge is 0.491 e. The zero-order valence-electron chi connectivity index (χ0n) is 23.4. The number of methoxy groups -OCH3 is 1. The maximum Gasteiger partial charge on any atom is 0.272 e. The molecule has 1 amide bonds. The van der Waals surface area contributed by atoms with Gasteiger partial charge in [-0.2, -0.15) is 5.10 Å².